The average Bonchev–Trinajstić information content (AvgIpc) is 3.15. The normalized spacial score (nSPS) is 24.4. The van der Waals surface area contributed by atoms with Crippen molar-refractivity contribution < 1.29 is 9.90 Å². The third-order valence-electron chi connectivity index (χ3n) is 7.17. The number of allylic oxidation sites excluding steroid dienone is 1. The monoisotopic (exact) mass is 464 g/mol. The van der Waals surface area contributed by atoms with Crippen molar-refractivity contribution in [3.05, 3.63) is 65.7 Å². The van der Waals surface area contributed by atoms with Crippen molar-refractivity contribution in [3.63, 3.8) is 0 Å². The number of hydrogen-bond acceptors (Lipinski definition) is 4. The van der Waals surface area contributed by atoms with Crippen LogP contribution in [0, 0.1) is 18.8 Å². The van der Waals surface area contributed by atoms with Gasteiger partial charge in [0.1, 0.15) is 0 Å². The third-order valence-corrected chi connectivity index (χ3v) is 7.61. The Morgan fingerprint density at radius 3 is 2.76 bits per heavy atom. The van der Waals surface area contributed by atoms with Crippen molar-refractivity contribution in [2.75, 3.05) is 24.1 Å². The first-order valence-corrected chi connectivity index (χ1v) is 13.4. The number of carbonyl (C=O) groups excluding carboxylic acids is 1. The molecule has 2 aromatic rings. The van der Waals surface area contributed by atoms with Crippen molar-refractivity contribution in [2.24, 2.45) is 11.8 Å². The van der Waals surface area contributed by atoms with Gasteiger partial charge in [-0.15, -0.1) is 0 Å². The summed E-state index contributed by atoms with van der Waals surface area (Å²) in [6.45, 7) is 3.28. The quantitative estimate of drug-likeness (QED) is 0.399. The summed E-state index contributed by atoms with van der Waals surface area (Å²) in [5.74, 6) is 0.760. The summed E-state index contributed by atoms with van der Waals surface area (Å²) in [6.07, 6.45) is 12.2. The van der Waals surface area contributed by atoms with E-state index in [2.05, 4.69) is 71.2 Å². The molecule has 1 aliphatic heterocycles. The van der Waals surface area contributed by atoms with Gasteiger partial charge in [-0.05, 0) is 79.3 Å². The zero-order valence-electron chi connectivity index (χ0n) is 19.8. The first-order valence-electron chi connectivity index (χ1n) is 12.2. The molecule has 176 valence electrons. The molecule has 2 aliphatic rings. The zero-order chi connectivity index (χ0) is 23.2. The number of aliphatic hydroxyl groups is 1. The minimum absolute atomic E-state index is 0.0766. The summed E-state index contributed by atoms with van der Waals surface area (Å²) in [5, 5.41) is 9.44. The Labute approximate surface area is 202 Å². The van der Waals surface area contributed by atoms with Crippen molar-refractivity contribution in [2.45, 2.75) is 51.5 Å². The maximum atomic E-state index is 13.3. The van der Waals surface area contributed by atoms with Crippen LogP contribution in [0.4, 0.5) is 5.69 Å². The molecular formula is C28H36N2O2S. The second-order valence-corrected chi connectivity index (χ2v) is 10.1. The fraction of sp³-hybridized carbons (Fsp3) is 0.464. The number of aliphatic hydroxyl groups excluding tert-OH is 1. The van der Waals surface area contributed by atoms with E-state index >= 15 is 0 Å². The fourth-order valence-corrected chi connectivity index (χ4v) is 5.58. The van der Waals surface area contributed by atoms with Crippen LogP contribution in [0.1, 0.15) is 43.2 Å². The lowest BCUT2D eigenvalue weighted by molar-refractivity contribution is -0.132. The van der Waals surface area contributed by atoms with Gasteiger partial charge in [0.15, 0.2) is 0 Å². The Hall–Kier alpha value is -2.24. The van der Waals surface area contributed by atoms with Gasteiger partial charge in [0.05, 0.1) is 0 Å². The Morgan fingerprint density at radius 1 is 1.12 bits per heavy atom. The molecule has 1 heterocycles. The zero-order valence-corrected chi connectivity index (χ0v) is 20.6. The van der Waals surface area contributed by atoms with Gasteiger partial charge in [0.25, 0.3) is 0 Å². The van der Waals surface area contributed by atoms with Gasteiger partial charge in [-0.3, -0.25) is 4.79 Å². The van der Waals surface area contributed by atoms with Crippen LogP contribution in [0.25, 0.3) is 11.1 Å². The topological polar surface area (TPSA) is 52.6 Å². The van der Waals surface area contributed by atoms with E-state index < -0.39 is 0 Å². The van der Waals surface area contributed by atoms with Crippen molar-refractivity contribution in [3.8, 4) is 11.1 Å². The Kier molecular flexibility index (Phi) is 8.15. The molecule has 0 spiro atoms. The number of nitrogens with one attached hydrogen (secondary N) is 1. The van der Waals surface area contributed by atoms with Crippen LogP contribution in [-0.4, -0.2) is 41.4 Å². The molecule has 4 rings (SSSR count). The third kappa shape index (κ3) is 5.82. The second-order valence-electron chi connectivity index (χ2n) is 9.46. The summed E-state index contributed by atoms with van der Waals surface area (Å²) >= 11 is 1.60. The lowest BCUT2D eigenvalue weighted by atomic mass is 9.92. The molecule has 33 heavy (non-hydrogen) atoms. The fourth-order valence-electron chi connectivity index (χ4n) is 5.22. The molecule has 4 nitrogen and oxygen atoms in total. The highest BCUT2D eigenvalue weighted by atomic mass is 32.2. The second kappa shape index (κ2) is 11.3. The van der Waals surface area contributed by atoms with Crippen LogP contribution in [0.5, 0.6) is 0 Å². The lowest BCUT2D eigenvalue weighted by Crippen LogP contribution is -2.37. The van der Waals surface area contributed by atoms with E-state index in [0.717, 1.165) is 50.8 Å². The van der Waals surface area contributed by atoms with Gasteiger partial charge in [-0.2, -0.15) is 0 Å². The van der Waals surface area contributed by atoms with Crippen molar-refractivity contribution in [1.29, 1.82) is 0 Å². The molecule has 2 aromatic carbocycles. The number of likely N-dealkylation sites (tertiary alicyclic amines) is 1. The van der Waals surface area contributed by atoms with E-state index in [9.17, 15) is 9.90 Å². The average molecular weight is 465 g/mol. The SMILES string of the molecule is CSNc1cccc(-c2ccc(CC3CCN(C4/C=C/CC(CO)CCC4)C3=O)c(C)c2)c1. The van der Waals surface area contributed by atoms with Gasteiger partial charge in [0, 0.05) is 37.1 Å². The highest BCUT2D eigenvalue weighted by molar-refractivity contribution is 7.99. The van der Waals surface area contributed by atoms with E-state index in [0.29, 0.717) is 11.8 Å². The minimum Gasteiger partial charge on any atom is -0.396 e. The molecule has 3 atom stereocenters. The van der Waals surface area contributed by atoms with Crippen LogP contribution in [0.3, 0.4) is 0 Å². The molecule has 2 N–H and O–H groups in total. The van der Waals surface area contributed by atoms with Crippen molar-refractivity contribution >= 4 is 23.5 Å². The van der Waals surface area contributed by atoms with Gasteiger partial charge < -0.3 is 14.7 Å². The minimum atomic E-state index is 0.0766. The number of nitrogens with zero attached hydrogens (tertiary/aromatic N) is 1. The molecule has 1 amide bonds. The van der Waals surface area contributed by atoms with Gasteiger partial charge >= 0.3 is 0 Å². The Balaban J connectivity index is 1.42. The summed E-state index contributed by atoms with van der Waals surface area (Å²) in [4.78, 5) is 15.4. The molecule has 1 saturated heterocycles. The maximum absolute atomic E-state index is 13.3. The summed E-state index contributed by atoms with van der Waals surface area (Å²) in [5.41, 5.74) is 6.04. The van der Waals surface area contributed by atoms with Crippen molar-refractivity contribution in [1.82, 2.24) is 4.90 Å². The van der Waals surface area contributed by atoms with E-state index in [1.165, 1.54) is 22.3 Å². The number of rotatable bonds is 7. The maximum Gasteiger partial charge on any atom is 0.226 e. The number of hydrogen-bond donors (Lipinski definition) is 2. The van der Waals surface area contributed by atoms with Crippen LogP contribution in [0.15, 0.2) is 54.6 Å². The van der Waals surface area contributed by atoms with Crippen LogP contribution in [-0.2, 0) is 11.2 Å². The highest BCUT2D eigenvalue weighted by Gasteiger charge is 2.35. The lowest BCUT2D eigenvalue weighted by Gasteiger charge is -2.28. The number of benzene rings is 2. The summed E-state index contributed by atoms with van der Waals surface area (Å²) < 4.78 is 3.30. The predicted octanol–water partition coefficient (Wildman–Crippen LogP) is 5.85. The molecule has 5 heteroatoms. The molecule has 0 bridgehead atoms. The largest absolute Gasteiger partial charge is 0.396 e. The molecule has 1 aliphatic carbocycles. The first kappa shape index (κ1) is 23.9. The molecule has 0 aromatic heterocycles. The standard InChI is InChI=1S/C28H36N2O2S/c1-20-16-24(23-8-5-9-26(18-23)29-33-2)13-12-22(20)17-25-14-15-30(28(25)32)27-10-3-6-21(19-31)7-4-11-27/h3,5,8-10,12-13,16,18,21,25,27,29,31H,4,6-7,11,14-15,17,19H2,1-2H3/b10-3+. The summed E-state index contributed by atoms with van der Waals surface area (Å²) in [7, 11) is 0. The van der Waals surface area contributed by atoms with Gasteiger partial charge in [-0.1, -0.05) is 60.9 Å². The molecule has 0 radical (unpaired) electrons. The Bertz CT molecular complexity index is 990. The van der Waals surface area contributed by atoms with Crippen LogP contribution >= 0.6 is 11.9 Å². The van der Waals surface area contributed by atoms with Gasteiger partial charge in [-0.25, -0.2) is 0 Å². The summed E-state index contributed by atoms with van der Waals surface area (Å²) in [6, 6.07) is 15.3. The van der Waals surface area contributed by atoms with E-state index in [4.69, 9.17) is 0 Å². The van der Waals surface area contributed by atoms with Crippen LogP contribution < -0.4 is 4.72 Å². The number of aryl methyl sites for hydroxylation is 1. The van der Waals surface area contributed by atoms with E-state index in [-0.39, 0.29) is 18.6 Å². The predicted molar refractivity (Wildman–Crippen MR) is 139 cm³/mol. The molecule has 1 fully saturated rings. The molecular weight excluding hydrogens is 428 g/mol. The van der Waals surface area contributed by atoms with Gasteiger partial charge in [0.2, 0.25) is 5.91 Å². The number of anilines is 1. The first-order chi connectivity index (χ1) is 16.1. The Morgan fingerprint density at radius 2 is 1.97 bits per heavy atom. The number of amides is 1. The highest BCUT2D eigenvalue weighted by Crippen LogP contribution is 2.31. The smallest absolute Gasteiger partial charge is 0.226 e. The van der Waals surface area contributed by atoms with E-state index in [1.54, 1.807) is 11.9 Å². The van der Waals surface area contributed by atoms with E-state index in [1.807, 2.05) is 6.26 Å². The molecule has 0 saturated carbocycles. The number of carbonyl (C=O) groups is 1. The van der Waals surface area contributed by atoms with Crippen LogP contribution in [0.2, 0.25) is 0 Å². The molecule has 3 unspecified atom stereocenters.